The predicted octanol–water partition coefficient (Wildman–Crippen LogP) is 2.85. The van der Waals surface area contributed by atoms with Gasteiger partial charge in [-0.15, -0.1) is 5.10 Å². The summed E-state index contributed by atoms with van der Waals surface area (Å²) < 4.78 is 3.83. The highest BCUT2D eigenvalue weighted by Crippen LogP contribution is 2.20. The Bertz CT molecular complexity index is 787. The molecule has 0 spiro atoms. The fraction of sp³-hybridized carbons (Fsp3) is 0.444. The van der Waals surface area contributed by atoms with Gasteiger partial charge in [-0.25, -0.2) is 4.79 Å². The lowest BCUT2D eigenvalue weighted by atomic mass is 9.96. The average Bonchev–Trinajstić information content (AvgIpc) is 3.11. The summed E-state index contributed by atoms with van der Waals surface area (Å²) in [4.78, 5) is 26.9. The number of halogens is 1. The lowest BCUT2D eigenvalue weighted by molar-refractivity contribution is 0.0694. The Labute approximate surface area is 167 Å². The lowest BCUT2D eigenvalue weighted by Gasteiger charge is -2.31. The van der Waals surface area contributed by atoms with Crippen molar-refractivity contribution in [2.24, 2.45) is 5.92 Å². The van der Waals surface area contributed by atoms with E-state index in [1.54, 1.807) is 19.1 Å². The van der Waals surface area contributed by atoms with Crippen molar-refractivity contribution >= 4 is 35.1 Å². The van der Waals surface area contributed by atoms with Gasteiger partial charge in [0.05, 0.1) is 5.69 Å². The standard InChI is InChI=1S/C18H22ClN5O2S/c1-12-16(27-23-22-12)17(25)24-8-6-14(7-9-24)11-21-18(26)20-10-13-2-4-15(19)5-3-13/h2-5,14H,6-11H2,1H3,(H2,20,21,26). The van der Waals surface area contributed by atoms with Crippen molar-refractivity contribution in [2.75, 3.05) is 19.6 Å². The number of likely N-dealkylation sites (tertiary alicyclic amines) is 1. The molecule has 0 saturated carbocycles. The maximum Gasteiger partial charge on any atom is 0.315 e. The maximum atomic E-state index is 12.5. The monoisotopic (exact) mass is 407 g/mol. The van der Waals surface area contributed by atoms with Crippen molar-refractivity contribution in [3.63, 3.8) is 0 Å². The quantitative estimate of drug-likeness (QED) is 0.797. The van der Waals surface area contributed by atoms with E-state index < -0.39 is 0 Å². The Balaban J connectivity index is 1.36. The van der Waals surface area contributed by atoms with Crippen LogP contribution in [0, 0.1) is 12.8 Å². The second-order valence-electron chi connectivity index (χ2n) is 6.61. The van der Waals surface area contributed by atoms with Crippen molar-refractivity contribution < 1.29 is 9.59 Å². The van der Waals surface area contributed by atoms with Crippen LogP contribution in [0.15, 0.2) is 24.3 Å². The van der Waals surface area contributed by atoms with Crippen LogP contribution in [0.4, 0.5) is 4.79 Å². The molecule has 7 nitrogen and oxygen atoms in total. The van der Waals surface area contributed by atoms with Gasteiger partial charge in [-0.3, -0.25) is 4.79 Å². The van der Waals surface area contributed by atoms with E-state index in [-0.39, 0.29) is 11.9 Å². The fourth-order valence-corrected chi connectivity index (χ4v) is 3.75. The molecule has 2 aromatic rings. The largest absolute Gasteiger partial charge is 0.338 e. The van der Waals surface area contributed by atoms with Crippen LogP contribution in [0.25, 0.3) is 0 Å². The molecule has 2 heterocycles. The Hall–Kier alpha value is -2.19. The molecule has 27 heavy (non-hydrogen) atoms. The zero-order valence-electron chi connectivity index (χ0n) is 15.1. The minimum absolute atomic E-state index is 0.00890. The average molecular weight is 408 g/mol. The third kappa shape index (κ3) is 5.40. The molecule has 0 unspecified atom stereocenters. The Kier molecular flexibility index (Phi) is 6.63. The number of nitrogens with one attached hydrogen (secondary N) is 2. The smallest absolute Gasteiger partial charge is 0.315 e. The summed E-state index contributed by atoms with van der Waals surface area (Å²) in [5, 5.41) is 10.3. The first-order chi connectivity index (χ1) is 13.0. The maximum absolute atomic E-state index is 12.5. The van der Waals surface area contributed by atoms with E-state index >= 15 is 0 Å². The molecule has 1 saturated heterocycles. The van der Waals surface area contributed by atoms with E-state index in [0.717, 1.165) is 29.9 Å². The number of amides is 3. The zero-order chi connectivity index (χ0) is 19.2. The summed E-state index contributed by atoms with van der Waals surface area (Å²) in [5.41, 5.74) is 1.68. The molecule has 3 rings (SSSR count). The van der Waals surface area contributed by atoms with Gasteiger partial charge in [0, 0.05) is 31.2 Å². The lowest BCUT2D eigenvalue weighted by Crippen LogP contribution is -2.43. The minimum atomic E-state index is -0.185. The van der Waals surface area contributed by atoms with E-state index in [1.807, 2.05) is 17.0 Å². The molecule has 1 aliphatic rings. The summed E-state index contributed by atoms with van der Waals surface area (Å²) in [6.07, 6.45) is 1.74. The van der Waals surface area contributed by atoms with E-state index in [1.165, 1.54) is 0 Å². The first-order valence-corrected chi connectivity index (χ1v) is 10.0. The summed E-state index contributed by atoms with van der Waals surface area (Å²) >= 11 is 6.99. The van der Waals surface area contributed by atoms with E-state index in [0.29, 0.717) is 47.7 Å². The zero-order valence-corrected chi connectivity index (χ0v) is 16.6. The van der Waals surface area contributed by atoms with Crippen molar-refractivity contribution in [3.05, 3.63) is 45.4 Å². The normalized spacial score (nSPS) is 14.8. The van der Waals surface area contributed by atoms with Crippen LogP contribution in [-0.2, 0) is 6.54 Å². The topological polar surface area (TPSA) is 87.2 Å². The van der Waals surface area contributed by atoms with Crippen molar-refractivity contribution in [3.8, 4) is 0 Å². The number of urea groups is 1. The SMILES string of the molecule is Cc1nnsc1C(=O)N1CCC(CNC(=O)NCc2ccc(Cl)cc2)CC1. The van der Waals surface area contributed by atoms with Crippen molar-refractivity contribution in [2.45, 2.75) is 26.3 Å². The summed E-state index contributed by atoms with van der Waals surface area (Å²) in [6, 6.07) is 7.19. The predicted molar refractivity (Wildman–Crippen MR) is 105 cm³/mol. The molecule has 0 aliphatic carbocycles. The van der Waals surface area contributed by atoms with Gasteiger partial charge < -0.3 is 15.5 Å². The number of nitrogens with zero attached hydrogens (tertiary/aromatic N) is 3. The van der Waals surface area contributed by atoms with Crippen LogP contribution in [0.1, 0.15) is 33.8 Å². The van der Waals surface area contributed by atoms with Crippen LogP contribution in [0.5, 0.6) is 0 Å². The second-order valence-corrected chi connectivity index (χ2v) is 7.80. The molecule has 144 valence electrons. The molecule has 0 radical (unpaired) electrons. The van der Waals surface area contributed by atoms with Gasteiger partial charge in [0.1, 0.15) is 4.88 Å². The van der Waals surface area contributed by atoms with Crippen LogP contribution >= 0.6 is 23.1 Å². The molecule has 1 fully saturated rings. The van der Waals surface area contributed by atoms with Gasteiger partial charge in [-0.1, -0.05) is 28.2 Å². The third-order valence-corrected chi connectivity index (χ3v) is 5.73. The highest BCUT2D eigenvalue weighted by atomic mass is 35.5. The van der Waals surface area contributed by atoms with Crippen molar-refractivity contribution in [1.82, 2.24) is 25.1 Å². The van der Waals surface area contributed by atoms with Gasteiger partial charge in [-0.2, -0.15) is 0 Å². The number of piperidine rings is 1. The Morgan fingerprint density at radius 1 is 1.22 bits per heavy atom. The number of benzene rings is 1. The summed E-state index contributed by atoms with van der Waals surface area (Å²) in [5.74, 6) is 0.380. The summed E-state index contributed by atoms with van der Waals surface area (Å²) in [7, 11) is 0. The molecule has 2 N–H and O–H groups in total. The number of carbonyl (C=O) groups is 2. The molecule has 0 bridgehead atoms. The van der Waals surface area contributed by atoms with Gasteiger partial charge in [0.2, 0.25) is 0 Å². The van der Waals surface area contributed by atoms with Crippen LogP contribution in [-0.4, -0.2) is 46.1 Å². The number of hydrogen-bond donors (Lipinski definition) is 2. The molecule has 0 atom stereocenters. The van der Waals surface area contributed by atoms with Crippen molar-refractivity contribution in [1.29, 1.82) is 0 Å². The molecule has 3 amide bonds. The molecule has 9 heteroatoms. The molecule has 1 aromatic heterocycles. The fourth-order valence-electron chi connectivity index (χ4n) is 3.00. The molecular formula is C18H22ClN5O2S. The Morgan fingerprint density at radius 2 is 1.93 bits per heavy atom. The van der Waals surface area contributed by atoms with E-state index in [9.17, 15) is 9.59 Å². The number of aryl methyl sites for hydroxylation is 1. The summed E-state index contributed by atoms with van der Waals surface area (Å²) in [6.45, 7) is 4.24. The van der Waals surface area contributed by atoms with E-state index in [4.69, 9.17) is 11.6 Å². The highest BCUT2D eigenvalue weighted by molar-refractivity contribution is 7.07. The minimum Gasteiger partial charge on any atom is -0.338 e. The highest BCUT2D eigenvalue weighted by Gasteiger charge is 2.26. The number of carbonyl (C=O) groups excluding carboxylic acids is 2. The van der Waals surface area contributed by atoms with Crippen LogP contribution < -0.4 is 10.6 Å². The second kappa shape index (κ2) is 9.14. The van der Waals surface area contributed by atoms with Gasteiger partial charge in [0.15, 0.2) is 0 Å². The van der Waals surface area contributed by atoms with E-state index in [2.05, 4.69) is 20.2 Å². The number of rotatable bonds is 5. The van der Waals surface area contributed by atoms with Gasteiger partial charge in [-0.05, 0) is 54.9 Å². The van der Waals surface area contributed by atoms with Crippen LogP contribution in [0.3, 0.4) is 0 Å². The van der Waals surface area contributed by atoms with Crippen LogP contribution in [0.2, 0.25) is 5.02 Å². The van der Waals surface area contributed by atoms with Gasteiger partial charge >= 0.3 is 6.03 Å². The number of aromatic nitrogens is 2. The molecule has 1 aromatic carbocycles. The number of hydrogen-bond acceptors (Lipinski definition) is 5. The molecular weight excluding hydrogens is 386 g/mol. The first kappa shape index (κ1) is 19.6. The van der Waals surface area contributed by atoms with Gasteiger partial charge in [0.25, 0.3) is 5.91 Å². The first-order valence-electron chi connectivity index (χ1n) is 8.87. The third-order valence-electron chi connectivity index (χ3n) is 4.67. The Morgan fingerprint density at radius 3 is 2.56 bits per heavy atom. The molecule has 1 aliphatic heterocycles.